The Kier molecular flexibility index (Phi) is 8.03. The molecule has 0 aliphatic heterocycles. The van der Waals surface area contributed by atoms with Gasteiger partial charge in [-0.15, -0.1) is 0 Å². The van der Waals surface area contributed by atoms with E-state index in [2.05, 4.69) is 5.32 Å². The van der Waals surface area contributed by atoms with Crippen LogP contribution in [0.1, 0.15) is 24.1 Å². The van der Waals surface area contributed by atoms with Crippen LogP contribution in [-0.2, 0) is 11.2 Å². The van der Waals surface area contributed by atoms with Gasteiger partial charge in [0.25, 0.3) is 0 Å². The summed E-state index contributed by atoms with van der Waals surface area (Å²) < 4.78 is 32.3. The van der Waals surface area contributed by atoms with Crippen LogP contribution in [0.25, 0.3) is 0 Å². The molecule has 0 aliphatic rings. The molecule has 0 aliphatic carbocycles. The second-order valence-electron chi connectivity index (χ2n) is 6.42. The zero-order valence-electron chi connectivity index (χ0n) is 18.5. The van der Waals surface area contributed by atoms with Crippen molar-refractivity contribution >= 4 is 5.91 Å². The minimum Gasteiger partial charge on any atom is -0.493 e. The van der Waals surface area contributed by atoms with Crippen LogP contribution >= 0.6 is 0 Å². The third kappa shape index (κ3) is 4.82. The zero-order chi connectivity index (χ0) is 22.3. The number of benzene rings is 2. The van der Waals surface area contributed by atoms with Gasteiger partial charge in [-0.2, -0.15) is 0 Å². The van der Waals surface area contributed by atoms with E-state index in [1.54, 1.807) is 32.4 Å². The first kappa shape index (κ1) is 23.0. The lowest BCUT2D eigenvalue weighted by Crippen LogP contribution is -2.28. The van der Waals surface area contributed by atoms with Gasteiger partial charge in [0.15, 0.2) is 23.0 Å². The fraction of sp³-hybridized carbons (Fsp3) is 0.409. The first-order valence-electron chi connectivity index (χ1n) is 9.31. The number of nitrogens with one attached hydrogen (secondary N) is 1. The molecule has 0 bridgehead atoms. The molecule has 0 saturated carbocycles. The molecule has 2 rings (SSSR count). The van der Waals surface area contributed by atoms with E-state index >= 15 is 0 Å². The molecule has 0 heterocycles. The topological polar surface area (TPSA) is 84.5 Å². The molecule has 1 atom stereocenters. The van der Waals surface area contributed by atoms with Gasteiger partial charge >= 0.3 is 0 Å². The fourth-order valence-electron chi connectivity index (χ4n) is 3.26. The summed E-state index contributed by atoms with van der Waals surface area (Å²) in [4.78, 5) is 12.7. The molecule has 0 saturated heterocycles. The van der Waals surface area contributed by atoms with Gasteiger partial charge in [0, 0.05) is 5.56 Å². The Bertz CT molecular complexity index is 857. The summed E-state index contributed by atoms with van der Waals surface area (Å²) in [6.45, 7) is 1.87. The normalized spacial score (nSPS) is 11.3. The van der Waals surface area contributed by atoms with Gasteiger partial charge in [0.2, 0.25) is 17.4 Å². The molecule has 164 valence electrons. The molecule has 2 aromatic rings. The first-order chi connectivity index (χ1) is 14.4. The molecular formula is C22H29NO7. The highest BCUT2D eigenvalue weighted by Gasteiger charge is 2.21. The van der Waals surface area contributed by atoms with Crippen LogP contribution in [0.15, 0.2) is 24.3 Å². The van der Waals surface area contributed by atoms with E-state index in [0.29, 0.717) is 34.5 Å². The van der Waals surface area contributed by atoms with Crippen molar-refractivity contribution in [1.29, 1.82) is 0 Å². The van der Waals surface area contributed by atoms with E-state index in [-0.39, 0.29) is 18.4 Å². The molecule has 0 radical (unpaired) electrons. The number of hydrogen-bond acceptors (Lipinski definition) is 7. The number of rotatable bonds is 10. The second kappa shape index (κ2) is 10.5. The van der Waals surface area contributed by atoms with Crippen molar-refractivity contribution in [2.45, 2.75) is 19.4 Å². The largest absolute Gasteiger partial charge is 0.493 e. The van der Waals surface area contributed by atoms with Gasteiger partial charge in [-0.3, -0.25) is 4.79 Å². The third-order valence-electron chi connectivity index (χ3n) is 4.67. The van der Waals surface area contributed by atoms with Crippen molar-refractivity contribution in [3.63, 3.8) is 0 Å². The summed E-state index contributed by atoms with van der Waals surface area (Å²) in [6, 6.07) is 6.79. The maximum Gasteiger partial charge on any atom is 0.224 e. The quantitative estimate of drug-likeness (QED) is 0.633. The minimum atomic E-state index is -0.325. The zero-order valence-corrected chi connectivity index (χ0v) is 18.5. The summed E-state index contributed by atoms with van der Waals surface area (Å²) in [7, 11) is 9.24. The molecule has 1 unspecified atom stereocenters. The fourth-order valence-corrected chi connectivity index (χ4v) is 3.26. The highest BCUT2D eigenvalue weighted by atomic mass is 16.5. The maximum atomic E-state index is 12.7. The van der Waals surface area contributed by atoms with Crippen LogP contribution in [0.2, 0.25) is 0 Å². The van der Waals surface area contributed by atoms with Crippen molar-refractivity contribution in [2.24, 2.45) is 0 Å². The highest BCUT2D eigenvalue weighted by Crippen LogP contribution is 2.42. The molecule has 0 aromatic heterocycles. The van der Waals surface area contributed by atoms with Crippen molar-refractivity contribution in [1.82, 2.24) is 5.32 Å². The van der Waals surface area contributed by atoms with Gasteiger partial charge in [-0.25, -0.2) is 0 Å². The number of hydrogen-bond donors (Lipinski definition) is 1. The Morgan fingerprint density at radius 3 is 1.77 bits per heavy atom. The van der Waals surface area contributed by atoms with Crippen molar-refractivity contribution in [3.05, 3.63) is 35.4 Å². The summed E-state index contributed by atoms with van der Waals surface area (Å²) in [6.07, 6.45) is 0.136. The lowest BCUT2D eigenvalue weighted by molar-refractivity contribution is -0.121. The van der Waals surface area contributed by atoms with E-state index < -0.39 is 0 Å². The number of ether oxygens (including phenoxy) is 6. The lowest BCUT2D eigenvalue weighted by Gasteiger charge is -2.21. The summed E-state index contributed by atoms with van der Waals surface area (Å²) in [5, 5.41) is 2.98. The molecule has 8 nitrogen and oxygen atoms in total. The monoisotopic (exact) mass is 419 g/mol. The van der Waals surface area contributed by atoms with Gasteiger partial charge < -0.3 is 33.7 Å². The first-order valence-corrected chi connectivity index (χ1v) is 9.31. The molecular weight excluding hydrogens is 390 g/mol. The Hall–Kier alpha value is -3.29. The predicted octanol–water partition coefficient (Wildman–Crippen LogP) is 3.16. The van der Waals surface area contributed by atoms with Gasteiger partial charge in [0.05, 0.1) is 55.1 Å². The molecule has 8 heteroatoms. The van der Waals surface area contributed by atoms with E-state index in [1.807, 2.05) is 13.0 Å². The maximum absolute atomic E-state index is 12.7. The van der Waals surface area contributed by atoms with Crippen LogP contribution in [-0.4, -0.2) is 48.6 Å². The van der Waals surface area contributed by atoms with Crippen LogP contribution in [0.5, 0.6) is 34.5 Å². The van der Waals surface area contributed by atoms with Crippen molar-refractivity contribution in [2.75, 3.05) is 42.7 Å². The average Bonchev–Trinajstić information content (AvgIpc) is 2.76. The van der Waals surface area contributed by atoms with Gasteiger partial charge in [-0.05, 0) is 36.8 Å². The van der Waals surface area contributed by atoms with E-state index in [9.17, 15) is 4.79 Å². The van der Waals surface area contributed by atoms with Crippen LogP contribution < -0.4 is 33.7 Å². The standard InChI is InChI=1S/C22H29NO7/c1-13(15-8-9-16(25-2)22(30-7)20(15)28-5)23-19(24)12-14-10-17(26-3)21(29-6)18(11-14)27-4/h8-11,13H,12H2,1-7H3,(H,23,24). The third-order valence-corrected chi connectivity index (χ3v) is 4.67. The highest BCUT2D eigenvalue weighted by molar-refractivity contribution is 5.80. The predicted molar refractivity (Wildman–Crippen MR) is 112 cm³/mol. The lowest BCUT2D eigenvalue weighted by atomic mass is 10.0. The molecule has 1 N–H and O–H groups in total. The molecule has 30 heavy (non-hydrogen) atoms. The molecule has 0 fully saturated rings. The number of carbonyl (C=O) groups excluding carboxylic acids is 1. The Morgan fingerprint density at radius 2 is 1.30 bits per heavy atom. The molecule has 2 aromatic carbocycles. The molecule has 1 amide bonds. The summed E-state index contributed by atoms with van der Waals surface area (Å²) >= 11 is 0. The van der Waals surface area contributed by atoms with Crippen LogP contribution in [0.3, 0.4) is 0 Å². The Balaban J connectivity index is 2.23. The Morgan fingerprint density at radius 1 is 0.767 bits per heavy atom. The van der Waals surface area contributed by atoms with Crippen molar-refractivity contribution < 1.29 is 33.2 Å². The minimum absolute atomic E-state index is 0.136. The van der Waals surface area contributed by atoms with Crippen molar-refractivity contribution in [3.8, 4) is 34.5 Å². The van der Waals surface area contributed by atoms with Crippen LogP contribution in [0, 0.1) is 0 Å². The Labute approximate surface area is 177 Å². The summed E-state index contributed by atoms with van der Waals surface area (Å²) in [5.74, 6) is 2.83. The number of carbonyl (C=O) groups is 1. The summed E-state index contributed by atoms with van der Waals surface area (Å²) in [5.41, 5.74) is 1.50. The smallest absolute Gasteiger partial charge is 0.224 e. The number of methoxy groups -OCH3 is 6. The number of amides is 1. The SMILES string of the molecule is COc1cc(CC(=O)NC(C)c2ccc(OC)c(OC)c2OC)cc(OC)c1OC. The second-order valence-corrected chi connectivity index (χ2v) is 6.42. The van der Waals surface area contributed by atoms with E-state index in [1.165, 1.54) is 28.4 Å². The van der Waals surface area contributed by atoms with Gasteiger partial charge in [-0.1, -0.05) is 0 Å². The van der Waals surface area contributed by atoms with Crippen LogP contribution in [0.4, 0.5) is 0 Å². The molecule has 0 spiro atoms. The van der Waals surface area contributed by atoms with E-state index in [4.69, 9.17) is 28.4 Å². The van der Waals surface area contributed by atoms with E-state index in [0.717, 1.165) is 11.1 Å². The average molecular weight is 419 g/mol. The van der Waals surface area contributed by atoms with Gasteiger partial charge in [0.1, 0.15) is 0 Å².